The third kappa shape index (κ3) is 7.91. The van der Waals surface area contributed by atoms with Crippen LogP contribution in [0.1, 0.15) is 41.7 Å². The Balaban J connectivity index is 1.13. The summed E-state index contributed by atoms with van der Waals surface area (Å²) in [6, 6.07) is 14.1. The van der Waals surface area contributed by atoms with Gasteiger partial charge in [0.2, 0.25) is 0 Å². The van der Waals surface area contributed by atoms with E-state index in [-0.39, 0.29) is 52.3 Å². The van der Waals surface area contributed by atoms with Gasteiger partial charge < -0.3 is 15.4 Å². The van der Waals surface area contributed by atoms with Crippen LogP contribution in [0.15, 0.2) is 42.5 Å². The molecule has 9 nitrogen and oxygen atoms in total. The Labute approximate surface area is 282 Å². The number of nitriles is 1. The maximum atomic E-state index is 13.7. The normalized spacial score (nSPS) is 20.4. The summed E-state index contributed by atoms with van der Waals surface area (Å²) in [7, 11) is 1.51. The first-order chi connectivity index (χ1) is 22.6. The van der Waals surface area contributed by atoms with Crippen molar-refractivity contribution in [1.82, 2.24) is 13.0 Å². The Morgan fingerprint density at radius 3 is 2.60 bits per heavy atom. The van der Waals surface area contributed by atoms with Gasteiger partial charge in [0.15, 0.2) is 6.61 Å². The average molecular weight is 762 g/mol. The van der Waals surface area contributed by atoms with Gasteiger partial charge in [0.05, 0.1) is 5.69 Å². The minimum absolute atomic E-state index is 0.0227. The standard InChI is InChI=1S/C34H37F3IN6O3/c1-40-32(45)23-7-12-29(31(16-23)47-15-13-39)41-14-3-4-26-17-27-28(5-2-6-30(27)44(26)20-34(35,36)37)42-25-10-8-24(9-11-25)38-43-18-33(19-43)21-46-22-33/h2,5-7,12,16-17,24-25,41-42H,8-11,14-15,18-22H2,1H3,(H,40,45)/q-1. The number of carbonyl (C=O) groups excluding carboxylic acids is 1. The van der Waals surface area contributed by atoms with Gasteiger partial charge in [0, 0.05) is 12.6 Å². The number of aromatic nitrogens is 1. The molecule has 0 bridgehead atoms. The molecule has 1 aromatic heterocycles. The third-order valence-corrected chi connectivity index (χ3v) is 12.3. The fourth-order valence-electron chi connectivity index (χ4n) is 6.35. The molecule has 1 amide bonds. The van der Waals surface area contributed by atoms with Crippen molar-refractivity contribution in [2.75, 3.05) is 57.1 Å². The van der Waals surface area contributed by atoms with E-state index in [1.54, 1.807) is 30.3 Å². The Morgan fingerprint density at radius 2 is 1.91 bits per heavy atom. The van der Waals surface area contributed by atoms with E-state index in [1.807, 2.05) is 12.1 Å². The second-order valence-electron chi connectivity index (χ2n) is 12.3. The molecule has 13 heteroatoms. The number of nitrogens with one attached hydrogen (secondary N) is 3. The van der Waals surface area contributed by atoms with Gasteiger partial charge in [0.1, 0.15) is 11.8 Å². The van der Waals surface area contributed by atoms with Crippen LogP contribution in [0, 0.1) is 28.6 Å². The van der Waals surface area contributed by atoms with E-state index in [0.717, 1.165) is 35.7 Å². The van der Waals surface area contributed by atoms with Crippen molar-refractivity contribution in [1.29, 1.82) is 5.26 Å². The predicted molar refractivity (Wildman–Crippen MR) is 169 cm³/mol. The molecule has 0 unspecified atom stereocenters. The molecule has 250 valence electrons. The number of halogens is 4. The van der Waals surface area contributed by atoms with Crippen molar-refractivity contribution < 1.29 is 48.9 Å². The Kier molecular flexibility index (Phi) is 10.1. The zero-order valence-corrected chi connectivity index (χ0v) is 28.2. The zero-order chi connectivity index (χ0) is 33.0. The van der Waals surface area contributed by atoms with Gasteiger partial charge in [-0.25, -0.2) is 0 Å². The Bertz CT molecular complexity index is 1710. The molecule has 1 spiro atoms. The molecular formula is C34H37F3IN6O3-. The number of fused-ring (bicyclic) bond motifs is 1. The number of alkyl halides is 4. The topological polar surface area (TPSA) is 104 Å². The van der Waals surface area contributed by atoms with Crippen molar-refractivity contribution in [2.45, 2.75) is 48.4 Å². The van der Waals surface area contributed by atoms with Gasteiger partial charge in [-0.05, 0) is 18.2 Å². The molecule has 0 atom stereocenters. The molecular weight excluding hydrogens is 724 g/mol. The summed E-state index contributed by atoms with van der Waals surface area (Å²) < 4.78 is 56.7. The summed E-state index contributed by atoms with van der Waals surface area (Å²) in [6.45, 7) is 2.95. The number of amides is 1. The van der Waals surface area contributed by atoms with Crippen LogP contribution >= 0.6 is 0 Å². The molecule has 0 radical (unpaired) electrons. The number of hydrogen-bond acceptors (Lipinski definition) is 7. The molecule has 3 aromatic rings. The van der Waals surface area contributed by atoms with Crippen LogP contribution in [0.3, 0.4) is 0 Å². The first kappa shape index (κ1) is 33.2. The maximum absolute atomic E-state index is 13.7. The fourth-order valence-corrected chi connectivity index (χ4v) is 10.6. The molecule has 3 aliphatic rings. The Morgan fingerprint density at radius 1 is 1.13 bits per heavy atom. The second-order valence-corrected chi connectivity index (χ2v) is 16.0. The van der Waals surface area contributed by atoms with Crippen LogP contribution in [0.2, 0.25) is 0 Å². The van der Waals surface area contributed by atoms with E-state index >= 15 is 0 Å². The third-order valence-electron chi connectivity index (χ3n) is 8.75. The number of rotatable bonds is 10. The molecule has 47 heavy (non-hydrogen) atoms. The van der Waals surface area contributed by atoms with E-state index in [4.69, 9.17) is 14.7 Å². The van der Waals surface area contributed by atoms with Crippen LogP contribution in [0.4, 0.5) is 24.5 Å². The number of ether oxygens (including phenoxy) is 2. The quantitative estimate of drug-likeness (QED) is 0.126. The minimum atomic E-state index is -4.42. The SMILES string of the molecule is CNC(=O)c1ccc(NCC#Cc2cc3c(NC4CCC([I-]N5CC6(COC6)C5)CC4)cccc3n2CC(F)(F)F)c(OCC#N)c1. The van der Waals surface area contributed by atoms with Crippen molar-refractivity contribution in [3.8, 4) is 23.7 Å². The van der Waals surface area contributed by atoms with E-state index in [9.17, 15) is 18.0 Å². The van der Waals surface area contributed by atoms with Crippen LogP contribution in [-0.2, 0) is 11.3 Å². The predicted octanol–water partition coefficient (Wildman–Crippen LogP) is 1.99. The molecule has 1 saturated carbocycles. The van der Waals surface area contributed by atoms with E-state index in [2.05, 4.69) is 30.9 Å². The molecule has 2 aromatic carbocycles. The molecule has 6 rings (SSSR count). The van der Waals surface area contributed by atoms with E-state index in [1.165, 1.54) is 43.6 Å². The number of benzene rings is 2. The van der Waals surface area contributed by atoms with Gasteiger partial charge in [0.25, 0.3) is 5.91 Å². The van der Waals surface area contributed by atoms with Crippen LogP contribution in [0.25, 0.3) is 10.9 Å². The van der Waals surface area contributed by atoms with Crippen LogP contribution in [-0.4, -0.2) is 76.2 Å². The number of carbonyl (C=O) groups is 1. The smallest absolute Gasteiger partial charge is 0.477 e. The first-order valence-corrected chi connectivity index (χ1v) is 17.9. The van der Waals surface area contributed by atoms with Crippen molar-refractivity contribution in [2.24, 2.45) is 5.41 Å². The van der Waals surface area contributed by atoms with Crippen molar-refractivity contribution >= 4 is 28.2 Å². The average Bonchev–Trinajstić information content (AvgIpc) is 3.36. The monoisotopic (exact) mass is 761 g/mol. The van der Waals surface area contributed by atoms with Crippen LogP contribution in [0.5, 0.6) is 5.75 Å². The van der Waals surface area contributed by atoms with Gasteiger partial charge >= 0.3 is 197 Å². The summed E-state index contributed by atoms with van der Waals surface area (Å²) in [5.41, 5.74) is 2.89. The molecule has 3 heterocycles. The molecule has 1 aliphatic carbocycles. The van der Waals surface area contributed by atoms with Gasteiger partial charge in [-0.1, -0.05) is 0 Å². The van der Waals surface area contributed by atoms with E-state index < -0.39 is 12.7 Å². The minimum Gasteiger partial charge on any atom is -0.477 e. The summed E-state index contributed by atoms with van der Waals surface area (Å²) in [5, 5.41) is 18.9. The molecule has 2 saturated heterocycles. The number of anilines is 2. The van der Waals surface area contributed by atoms with Crippen LogP contribution < -0.4 is 42.2 Å². The first-order valence-electron chi connectivity index (χ1n) is 15.7. The fraction of sp³-hybridized carbons (Fsp3) is 0.471. The zero-order valence-electron chi connectivity index (χ0n) is 26.1. The summed E-state index contributed by atoms with van der Waals surface area (Å²) in [4.78, 5) is 12.0. The summed E-state index contributed by atoms with van der Waals surface area (Å²) in [5.74, 6) is 5.86. The van der Waals surface area contributed by atoms with Gasteiger partial charge in [-0.15, -0.1) is 0 Å². The molecule has 3 N–H and O–H groups in total. The molecule has 2 aliphatic heterocycles. The van der Waals surface area contributed by atoms with Crippen molar-refractivity contribution in [3.05, 3.63) is 53.7 Å². The summed E-state index contributed by atoms with van der Waals surface area (Å²) in [6.07, 6.45) is 0.0328. The van der Waals surface area contributed by atoms with E-state index in [0.29, 0.717) is 33.3 Å². The number of nitrogens with zero attached hydrogens (tertiary/aromatic N) is 3. The number of hydrogen-bond donors (Lipinski definition) is 3. The van der Waals surface area contributed by atoms with Gasteiger partial charge in [-0.2, -0.15) is 5.26 Å². The Hall–Kier alpha value is -3.66. The van der Waals surface area contributed by atoms with Crippen molar-refractivity contribution in [3.63, 3.8) is 0 Å². The summed E-state index contributed by atoms with van der Waals surface area (Å²) >= 11 is 0.0227. The van der Waals surface area contributed by atoms with Gasteiger partial charge in [-0.3, -0.25) is 4.79 Å². The molecule has 3 fully saturated rings. The second kappa shape index (κ2) is 14.2.